The number of alkyl halides is 3. The quantitative estimate of drug-likeness (QED) is 0.229. The molecule has 0 aliphatic heterocycles. The van der Waals surface area contributed by atoms with Gasteiger partial charge >= 0.3 is 6.18 Å². The van der Waals surface area contributed by atoms with Crippen molar-refractivity contribution in [3.63, 3.8) is 0 Å². The molecule has 0 bridgehead atoms. The van der Waals surface area contributed by atoms with Crippen LogP contribution in [0.15, 0.2) is 54.6 Å². The van der Waals surface area contributed by atoms with E-state index < -0.39 is 11.7 Å². The predicted octanol–water partition coefficient (Wildman–Crippen LogP) is 6.48. The van der Waals surface area contributed by atoms with Crippen molar-refractivity contribution in [3.05, 3.63) is 71.3 Å². The Balaban J connectivity index is 1.83. The van der Waals surface area contributed by atoms with Crippen LogP contribution in [0.25, 0.3) is 6.08 Å². The standard InChI is InChI=1S/C23H27F3O3/c1-2-28-29-17-9-13-20-14-15-22(21(18-20)23(24,25)26)27-16-8-4-7-12-19-10-5-3-6-11-19/h3,5-6,9-11,13-15,18H,2,4,7-8,12,16-17H2,1H3/b13-9+. The minimum Gasteiger partial charge on any atom is -0.493 e. The van der Waals surface area contributed by atoms with Crippen LogP contribution < -0.4 is 4.74 Å². The summed E-state index contributed by atoms with van der Waals surface area (Å²) in [4.78, 5) is 9.52. The summed E-state index contributed by atoms with van der Waals surface area (Å²) in [5.41, 5.74) is 0.922. The van der Waals surface area contributed by atoms with Crippen LogP contribution in [0.5, 0.6) is 5.75 Å². The number of aryl methyl sites for hydroxylation is 1. The van der Waals surface area contributed by atoms with E-state index in [1.54, 1.807) is 25.1 Å². The van der Waals surface area contributed by atoms with Crippen LogP contribution in [0, 0.1) is 0 Å². The molecule has 2 rings (SSSR count). The van der Waals surface area contributed by atoms with Gasteiger partial charge in [-0.05, 0) is 55.9 Å². The molecular formula is C23H27F3O3. The van der Waals surface area contributed by atoms with Gasteiger partial charge in [-0.25, -0.2) is 9.78 Å². The highest BCUT2D eigenvalue weighted by Gasteiger charge is 2.34. The van der Waals surface area contributed by atoms with Crippen LogP contribution in [0.3, 0.4) is 0 Å². The Bertz CT molecular complexity index is 743. The number of halogens is 3. The molecule has 2 aromatic rings. The third kappa shape index (κ3) is 8.71. The van der Waals surface area contributed by atoms with E-state index in [4.69, 9.17) is 14.5 Å². The molecule has 0 atom stereocenters. The molecule has 0 radical (unpaired) electrons. The van der Waals surface area contributed by atoms with Gasteiger partial charge in [-0.15, -0.1) is 0 Å². The first kappa shape index (κ1) is 23.0. The first-order valence-corrected chi connectivity index (χ1v) is 9.79. The molecule has 0 aliphatic carbocycles. The van der Waals surface area contributed by atoms with Crippen LogP contribution in [-0.4, -0.2) is 19.8 Å². The molecule has 0 aromatic heterocycles. The van der Waals surface area contributed by atoms with E-state index in [-0.39, 0.29) is 19.0 Å². The van der Waals surface area contributed by atoms with Gasteiger partial charge in [-0.2, -0.15) is 13.2 Å². The summed E-state index contributed by atoms with van der Waals surface area (Å²) < 4.78 is 45.6. The lowest BCUT2D eigenvalue weighted by Crippen LogP contribution is -2.10. The average molecular weight is 408 g/mol. The van der Waals surface area contributed by atoms with Gasteiger partial charge in [0.25, 0.3) is 0 Å². The Morgan fingerprint density at radius 2 is 1.72 bits per heavy atom. The highest BCUT2D eigenvalue weighted by molar-refractivity contribution is 5.54. The van der Waals surface area contributed by atoms with Gasteiger partial charge in [0.05, 0.1) is 18.8 Å². The van der Waals surface area contributed by atoms with E-state index >= 15 is 0 Å². The molecule has 0 aliphatic rings. The Labute approximate surface area is 170 Å². The van der Waals surface area contributed by atoms with Crippen LogP contribution in [0.1, 0.15) is 42.9 Å². The van der Waals surface area contributed by atoms with Gasteiger partial charge < -0.3 is 4.74 Å². The van der Waals surface area contributed by atoms with E-state index in [0.717, 1.165) is 25.3 Å². The van der Waals surface area contributed by atoms with Crippen LogP contribution in [0.4, 0.5) is 13.2 Å². The zero-order chi connectivity index (χ0) is 21.0. The number of rotatable bonds is 12. The summed E-state index contributed by atoms with van der Waals surface area (Å²) >= 11 is 0. The van der Waals surface area contributed by atoms with Gasteiger partial charge in [0.1, 0.15) is 12.4 Å². The predicted molar refractivity (Wildman–Crippen MR) is 108 cm³/mol. The molecule has 3 nitrogen and oxygen atoms in total. The third-order valence-electron chi connectivity index (χ3n) is 4.19. The average Bonchev–Trinajstić information content (AvgIpc) is 2.71. The summed E-state index contributed by atoms with van der Waals surface area (Å²) in [6.07, 6.45) is 2.22. The van der Waals surface area contributed by atoms with Gasteiger partial charge in [0, 0.05) is 0 Å². The summed E-state index contributed by atoms with van der Waals surface area (Å²) in [7, 11) is 0. The zero-order valence-electron chi connectivity index (χ0n) is 16.6. The summed E-state index contributed by atoms with van der Waals surface area (Å²) in [6, 6.07) is 14.2. The fourth-order valence-electron chi connectivity index (χ4n) is 2.79. The second kappa shape index (κ2) is 12.3. The van der Waals surface area contributed by atoms with E-state index in [1.165, 1.54) is 11.6 Å². The molecule has 0 amide bonds. The first-order chi connectivity index (χ1) is 14.0. The smallest absolute Gasteiger partial charge is 0.419 e. The minimum atomic E-state index is -4.48. The van der Waals surface area contributed by atoms with E-state index in [0.29, 0.717) is 18.6 Å². The number of benzene rings is 2. The van der Waals surface area contributed by atoms with E-state index in [2.05, 4.69) is 12.1 Å². The van der Waals surface area contributed by atoms with Crippen molar-refractivity contribution in [2.75, 3.05) is 19.8 Å². The van der Waals surface area contributed by atoms with Gasteiger partial charge in [0.2, 0.25) is 0 Å². The molecule has 0 saturated carbocycles. The number of unbranched alkanes of at least 4 members (excludes halogenated alkanes) is 2. The molecule has 0 spiro atoms. The lowest BCUT2D eigenvalue weighted by molar-refractivity contribution is -0.282. The number of hydrogen-bond acceptors (Lipinski definition) is 3. The first-order valence-electron chi connectivity index (χ1n) is 9.79. The number of hydrogen-bond donors (Lipinski definition) is 0. The second-order valence-electron chi connectivity index (χ2n) is 6.49. The van der Waals surface area contributed by atoms with Crippen molar-refractivity contribution in [2.45, 2.75) is 38.8 Å². The fourth-order valence-corrected chi connectivity index (χ4v) is 2.79. The molecule has 29 heavy (non-hydrogen) atoms. The van der Waals surface area contributed by atoms with Crippen molar-refractivity contribution in [1.82, 2.24) is 0 Å². The van der Waals surface area contributed by atoms with Gasteiger partial charge in [0.15, 0.2) is 0 Å². The lowest BCUT2D eigenvalue weighted by Gasteiger charge is -2.15. The Kier molecular flexibility index (Phi) is 9.74. The molecule has 0 fully saturated rings. The zero-order valence-corrected chi connectivity index (χ0v) is 16.6. The maximum atomic E-state index is 13.4. The Hall–Kier alpha value is -2.31. The van der Waals surface area contributed by atoms with Crippen LogP contribution in [0.2, 0.25) is 0 Å². The maximum absolute atomic E-state index is 13.4. The van der Waals surface area contributed by atoms with Crippen LogP contribution >= 0.6 is 0 Å². The highest BCUT2D eigenvalue weighted by atomic mass is 19.4. The van der Waals surface area contributed by atoms with Crippen LogP contribution in [-0.2, 0) is 22.4 Å². The van der Waals surface area contributed by atoms with Crippen molar-refractivity contribution in [2.24, 2.45) is 0 Å². The SMILES string of the molecule is CCOOC/C=C/c1ccc(OCCCCCc2ccccc2)c(C(F)(F)F)c1. The third-order valence-corrected chi connectivity index (χ3v) is 4.19. The van der Waals surface area contributed by atoms with Crippen molar-refractivity contribution < 1.29 is 27.7 Å². The summed E-state index contributed by atoms with van der Waals surface area (Å²) in [5.74, 6) is -0.136. The molecule has 0 N–H and O–H groups in total. The monoisotopic (exact) mass is 408 g/mol. The fraction of sp³-hybridized carbons (Fsp3) is 0.391. The highest BCUT2D eigenvalue weighted by Crippen LogP contribution is 2.37. The largest absolute Gasteiger partial charge is 0.493 e. The molecule has 0 saturated heterocycles. The van der Waals surface area contributed by atoms with Crippen molar-refractivity contribution in [3.8, 4) is 5.75 Å². The molecular weight excluding hydrogens is 381 g/mol. The van der Waals surface area contributed by atoms with Gasteiger partial charge in [-0.1, -0.05) is 48.6 Å². The van der Waals surface area contributed by atoms with Crippen molar-refractivity contribution >= 4 is 6.08 Å². The summed E-state index contributed by atoms with van der Waals surface area (Å²) in [6.45, 7) is 2.61. The van der Waals surface area contributed by atoms with Gasteiger partial charge in [-0.3, -0.25) is 0 Å². The normalized spacial score (nSPS) is 11.9. The Morgan fingerprint density at radius 3 is 2.45 bits per heavy atom. The molecule has 0 heterocycles. The topological polar surface area (TPSA) is 27.7 Å². The summed E-state index contributed by atoms with van der Waals surface area (Å²) in [5, 5.41) is 0. The van der Waals surface area contributed by atoms with E-state index in [9.17, 15) is 13.2 Å². The molecule has 2 aromatic carbocycles. The maximum Gasteiger partial charge on any atom is 0.419 e. The van der Waals surface area contributed by atoms with E-state index in [1.807, 2.05) is 18.2 Å². The Morgan fingerprint density at radius 1 is 0.931 bits per heavy atom. The lowest BCUT2D eigenvalue weighted by atomic mass is 10.1. The number of ether oxygens (including phenoxy) is 1. The molecule has 0 unspecified atom stereocenters. The van der Waals surface area contributed by atoms with Crippen molar-refractivity contribution in [1.29, 1.82) is 0 Å². The molecule has 6 heteroatoms. The molecule has 158 valence electrons. The minimum absolute atomic E-state index is 0.136. The second-order valence-corrected chi connectivity index (χ2v) is 6.49.